The molecule has 0 heterocycles. The van der Waals surface area contributed by atoms with Crippen LogP contribution in [0.3, 0.4) is 0 Å². The maximum Gasteiger partial charge on any atom is 0.338 e. The molecule has 7 nitrogen and oxygen atoms in total. The first-order valence-corrected chi connectivity index (χ1v) is 13.8. The molecule has 2 fully saturated rings. The Labute approximate surface area is 220 Å². The number of hydrogen-bond donors (Lipinski definition) is 0. The number of carbonyl (C=O) groups excluding carboxylic acids is 3. The van der Waals surface area contributed by atoms with Gasteiger partial charge in [-0.05, 0) is 87.3 Å². The molecule has 1 aromatic carbocycles. The Kier molecular flexibility index (Phi) is 11.5. The van der Waals surface area contributed by atoms with Crippen molar-refractivity contribution in [2.24, 2.45) is 23.7 Å². The van der Waals surface area contributed by atoms with Crippen LogP contribution in [0.5, 0.6) is 11.5 Å². The van der Waals surface area contributed by atoms with E-state index in [1.165, 1.54) is 45.3 Å². The summed E-state index contributed by atoms with van der Waals surface area (Å²) in [4.78, 5) is 36.3. The summed E-state index contributed by atoms with van der Waals surface area (Å²) in [6.07, 6.45) is 12.9. The SMILES string of the molecule is C=CC(=O)OCCCCOC(=O)c1ccc(OC(=O)C2CCC(C3CCC(CC)CC3)CC2)c(OC)c1. The molecule has 1 aromatic rings. The van der Waals surface area contributed by atoms with Crippen LogP contribution in [0.2, 0.25) is 0 Å². The molecule has 2 aliphatic rings. The third-order valence-corrected chi connectivity index (χ3v) is 8.03. The van der Waals surface area contributed by atoms with E-state index >= 15 is 0 Å². The Balaban J connectivity index is 1.43. The number of hydrogen-bond acceptors (Lipinski definition) is 7. The van der Waals surface area contributed by atoms with E-state index in [1.807, 2.05) is 0 Å². The highest BCUT2D eigenvalue weighted by molar-refractivity contribution is 5.90. The molecular weight excluding hydrogens is 472 g/mol. The van der Waals surface area contributed by atoms with Crippen LogP contribution < -0.4 is 9.47 Å². The molecule has 0 radical (unpaired) electrons. The molecule has 0 amide bonds. The van der Waals surface area contributed by atoms with E-state index in [0.717, 1.165) is 49.5 Å². The molecule has 2 aliphatic carbocycles. The average Bonchev–Trinajstić information content (AvgIpc) is 2.94. The maximum absolute atomic E-state index is 12.9. The average molecular weight is 515 g/mol. The van der Waals surface area contributed by atoms with Gasteiger partial charge in [0.15, 0.2) is 11.5 Å². The van der Waals surface area contributed by atoms with Crippen LogP contribution in [0.4, 0.5) is 0 Å². The van der Waals surface area contributed by atoms with Gasteiger partial charge in [0.25, 0.3) is 0 Å². The number of unbranched alkanes of at least 4 members (excludes halogenated alkanes) is 1. The van der Waals surface area contributed by atoms with E-state index < -0.39 is 11.9 Å². The van der Waals surface area contributed by atoms with Crippen LogP contribution in [0.25, 0.3) is 0 Å². The number of ether oxygens (including phenoxy) is 4. The third kappa shape index (κ3) is 8.61. The van der Waals surface area contributed by atoms with E-state index in [2.05, 4.69) is 13.5 Å². The molecule has 0 spiro atoms. The second-order valence-corrected chi connectivity index (χ2v) is 10.3. The van der Waals surface area contributed by atoms with Crippen LogP contribution >= 0.6 is 0 Å². The molecule has 0 bridgehead atoms. The van der Waals surface area contributed by atoms with Crippen molar-refractivity contribution in [2.45, 2.75) is 77.6 Å². The highest BCUT2D eigenvalue weighted by atomic mass is 16.6. The lowest BCUT2D eigenvalue weighted by Crippen LogP contribution is -2.30. The fraction of sp³-hybridized carbons (Fsp3) is 0.633. The number of rotatable bonds is 12. The molecule has 0 saturated heterocycles. The predicted octanol–water partition coefficient (Wildman–Crippen LogP) is 6.29. The first-order chi connectivity index (χ1) is 17.9. The third-order valence-electron chi connectivity index (χ3n) is 8.03. The summed E-state index contributed by atoms with van der Waals surface area (Å²) in [5, 5.41) is 0. The zero-order valence-corrected chi connectivity index (χ0v) is 22.4. The molecule has 204 valence electrons. The van der Waals surface area contributed by atoms with Gasteiger partial charge in [0.1, 0.15) is 0 Å². The minimum Gasteiger partial charge on any atom is -0.493 e. The van der Waals surface area contributed by atoms with Gasteiger partial charge in [0.05, 0.1) is 31.8 Å². The van der Waals surface area contributed by atoms with Crippen LogP contribution in [0.15, 0.2) is 30.9 Å². The molecule has 0 aliphatic heterocycles. The predicted molar refractivity (Wildman–Crippen MR) is 140 cm³/mol. The Morgan fingerprint density at radius 3 is 2.11 bits per heavy atom. The minimum atomic E-state index is -0.495. The molecule has 0 unspecified atom stereocenters. The van der Waals surface area contributed by atoms with Crippen LogP contribution in [-0.4, -0.2) is 38.2 Å². The van der Waals surface area contributed by atoms with Crippen molar-refractivity contribution < 1.29 is 33.3 Å². The van der Waals surface area contributed by atoms with Crippen LogP contribution in [0, 0.1) is 23.7 Å². The van der Waals surface area contributed by atoms with Gasteiger partial charge in [0, 0.05) is 6.08 Å². The maximum atomic E-state index is 12.9. The molecule has 0 aromatic heterocycles. The number of methoxy groups -OCH3 is 1. The van der Waals surface area contributed by atoms with E-state index in [9.17, 15) is 14.4 Å². The summed E-state index contributed by atoms with van der Waals surface area (Å²) in [6.45, 7) is 6.08. The topological polar surface area (TPSA) is 88.1 Å². The Morgan fingerprint density at radius 1 is 0.892 bits per heavy atom. The smallest absolute Gasteiger partial charge is 0.338 e. The summed E-state index contributed by atoms with van der Waals surface area (Å²) in [5.74, 6) is 1.82. The number of carbonyl (C=O) groups is 3. The van der Waals surface area contributed by atoms with Gasteiger partial charge in [0.2, 0.25) is 0 Å². The summed E-state index contributed by atoms with van der Waals surface area (Å²) in [7, 11) is 1.48. The van der Waals surface area contributed by atoms with Gasteiger partial charge >= 0.3 is 17.9 Å². The Hall–Kier alpha value is -2.83. The second-order valence-electron chi connectivity index (χ2n) is 10.3. The van der Waals surface area contributed by atoms with Crippen molar-refractivity contribution in [3.05, 3.63) is 36.4 Å². The highest BCUT2D eigenvalue weighted by Crippen LogP contribution is 2.42. The van der Waals surface area contributed by atoms with Gasteiger partial charge in [-0.1, -0.05) is 32.8 Å². The normalized spacial score (nSPS) is 23.5. The van der Waals surface area contributed by atoms with E-state index in [4.69, 9.17) is 18.9 Å². The fourth-order valence-corrected chi connectivity index (χ4v) is 5.65. The largest absolute Gasteiger partial charge is 0.493 e. The Morgan fingerprint density at radius 2 is 1.51 bits per heavy atom. The second kappa shape index (κ2) is 14.8. The molecule has 0 N–H and O–H groups in total. The summed E-state index contributed by atoms with van der Waals surface area (Å²) >= 11 is 0. The molecule has 0 atom stereocenters. The van der Waals surface area contributed by atoms with Crippen molar-refractivity contribution in [3.63, 3.8) is 0 Å². The first kappa shape index (κ1) is 28.7. The van der Waals surface area contributed by atoms with E-state index in [0.29, 0.717) is 29.9 Å². The van der Waals surface area contributed by atoms with Crippen LogP contribution in [0.1, 0.15) is 87.9 Å². The van der Waals surface area contributed by atoms with Crippen LogP contribution in [-0.2, 0) is 19.1 Å². The zero-order chi connectivity index (χ0) is 26.6. The number of esters is 3. The van der Waals surface area contributed by atoms with Gasteiger partial charge in [-0.2, -0.15) is 0 Å². The zero-order valence-electron chi connectivity index (χ0n) is 22.4. The van der Waals surface area contributed by atoms with Crippen molar-refractivity contribution in [1.29, 1.82) is 0 Å². The van der Waals surface area contributed by atoms with Crippen molar-refractivity contribution in [1.82, 2.24) is 0 Å². The van der Waals surface area contributed by atoms with Gasteiger partial charge < -0.3 is 18.9 Å². The fourth-order valence-electron chi connectivity index (χ4n) is 5.65. The van der Waals surface area contributed by atoms with Gasteiger partial charge in [-0.15, -0.1) is 0 Å². The Bertz CT molecular complexity index is 909. The summed E-state index contributed by atoms with van der Waals surface area (Å²) in [6, 6.07) is 4.68. The minimum absolute atomic E-state index is 0.0941. The first-order valence-electron chi connectivity index (χ1n) is 13.8. The molecule has 37 heavy (non-hydrogen) atoms. The lowest BCUT2D eigenvalue weighted by Gasteiger charge is -2.37. The highest BCUT2D eigenvalue weighted by Gasteiger charge is 2.33. The quantitative estimate of drug-likeness (QED) is 0.140. The monoisotopic (exact) mass is 514 g/mol. The molecule has 3 rings (SSSR count). The summed E-state index contributed by atoms with van der Waals surface area (Å²) in [5.41, 5.74) is 0.313. The standard InChI is InChI=1S/C30H42O7/c1-4-21-8-10-22(11-9-21)23-12-14-24(15-13-23)30(33)37-26-17-16-25(20-27(26)34-3)29(32)36-19-7-6-18-35-28(31)5-2/h5,16-17,20-24H,2,4,6-15,18-19H2,1,3H3. The number of benzene rings is 1. The lowest BCUT2D eigenvalue weighted by molar-refractivity contribution is -0.140. The summed E-state index contributed by atoms with van der Waals surface area (Å²) < 4.78 is 21.3. The lowest BCUT2D eigenvalue weighted by atomic mass is 9.69. The van der Waals surface area contributed by atoms with Crippen molar-refractivity contribution >= 4 is 17.9 Å². The molecular formula is C30H42O7. The van der Waals surface area contributed by atoms with Crippen molar-refractivity contribution in [2.75, 3.05) is 20.3 Å². The molecule has 2 saturated carbocycles. The molecule has 7 heteroatoms. The van der Waals surface area contributed by atoms with Gasteiger partial charge in [-0.25, -0.2) is 9.59 Å². The van der Waals surface area contributed by atoms with Crippen molar-refractivity contribution in [3.8, 4) is 11.5 Å². The van der Waals surface area contributed by atoms with E-state index in [1.54, 1.807) is 12.1 Å². The van der Waals surface area contributed by atoms with E-state index in [-0.39, 0.29) is 25.1 Å². The van der Waals surface area contributed by atoms with Gasteiger partial charge in [-0.3, -0.25) is 4.79 Å².